The molecule has 3 nitrogen and oxygen atoms in total. The van der Waals surface area contributed by atoms with E-state index in [0.29, 0.717) is 10.6 Å². The van der Waals surface area contributed by atoms with Gasteiger partial charge in [0, 0.05) is 16.0 Å². The molecule has 0 amide bonds. The Bertz CT molecular complexity index is 724. The summed E-state index contributed by atoms with van der Waals surface area (Å²) >= 11 is 1.64. The minimum Gasteiger partial charge on any atom is -0.279 e. The molecule has 0 aliphatic carbocycles. The predicted octanol–water partition coefficient (Wildman–Crippen LogP) is 3.19. The van der Waals surface area contributed by atoms with Gasteiger partial charge in [0.25, 0.3) is 10.0 Å². The van der Waals surface area contributed by atoms with Crippen molar-refractivity contribution in [3.8, 4) is 11.1 Å². The maximum atomic E-state index is 12.1. The van der Waals surface area contributed by atoms with Gasteiger partial charge in [0.1, 0.15) is 0 Å². The Balaban J connectivity index is 2.34. The summed E-state index contributed by atoms with van der Waals surface area (Å²) in [6, 6.07) is 12.8. The lowest BCUT2D eigenvalue weighted by Crippen LogP contribution is -2.18. The molecule has 2 aromatic carbocycles. The molecule has 3 rings (SSSR count). The number of hydrogen-bond donors (Lipinski definition) is 1. The van der Waals surface area contributed by atoms with Gasteiger partial charge in [-0.2, -0.15) is 0 Å². The Hall–Kier alpha value is -1.46. The Morgan fingerprint density at radius 1 is 1.06 bits per heavy atom. The molecule has 0 aromatic heterocycles. The Kier molecular flexibility index (Phi) is 2.60. The first-order valence-corrected chi connectivity index (χ1v) is 8.13. The smallest absolute Gasteiger partial charge is 0.262 e. The summed E-state index contributed by atoms with van der Waals surface area (Å²) in [7, 11) is -3.43. The summed E-state index contributed by atoms with van der Waals surface area (Å²) < 4.78 is 26.8. The van der Waals surface area contributed by atoms with E-state index < -0.39 is 10.0 Å². The fourth-order valence-electron chi connectivity index (χ4n) is 2.09. The second-order valence-electron chi connectivity index (χ2n) is 4.01. The molecule has 1 aliphatic rings. The standard InChI is InChI=1S/C13H11NO2S2/c1-17-9-6-7-12-11(8-9)10-4-2-3-5-13(10)18(15,16)14-12/h2-8,14H,1H3. The van der Waals surface area contributed by atoms with E-state index in [-0.39, 0.29) is 0 Å². The summed E-state index contributed by atoms with van der Waals surface area (Å²) in [5, 5.41) is 0. The van der Waals surface area contributed by atoms with Crippen molar-refractivity contribution < 1.29 is 8.42 Å². The van der Waals surface area contributed by atoms with Crippen molar-refractivity contribution in [1.82, 2.24) is 0 Å². The molecule has 0 unspecified atom stereocenters. The van der Waals surface area contributed by atoms with Crippen molar-refractivity contribution >= 4 is 27.5 Å². The Morgan fingerprint density at radius 3 is 2.61 bits per heavy atom. The number of fused-ring (bicyclic) bond motifs is 3. The Morgan fingerprint density at radius 2 is 1.83 bits per heavy atom. The molecule has 0 radical (unpaired) electrons. The van der Waals surface area contributed by atoms with E-state index in [0.717, 1.165) is 16.0 Å². The van der Waals surface area contributed by atoms with Gasteiger partial charge in [-0.05, 0) is 30.5 Å². The van der Waals surface area contributed by atoms with E-state index >= 15 is 0 Å². The molecule has 0 atom stereocenters. The lowest BCUT2D eigenvalue weighted by Gasteiger charge is -2.21. The van der Waals surface area contributed by atoms with E-state index in [1.165, 1.54) is 0 Å². The Labute approximate surface area is 110 Å². The number of thioether (sulfide) groups is 1. The normalized spacial score (nSPS) is 15.4. The van der Waals surface area contributed by atoms with Crippen molar-refractivity contribution in [2.75, 3.05) is 11.0 Å². The van der Waals surface area contributed by atoms with E-state index in [4.69, 9.17) is 0 Å². The van der Waals surface area contributed by atoms with Crippen LogP contribution in [0.1, 0.15) is 0 Å². The molecule has 5 heteroatoms. The van der Waals surface area contributed by atoms with Gasteiger partial charge in [-0.25, -0.2) is 8.42 Å². The second-order valence-corrected chi connectivity index (χ2v) is 6.54. The highest BCUT2D eigenvalue weighted by atomic mass is 32.2. The average molecular weight is 277 g/mol. The van der Waals surface area contributed by atoms with Gasteiger partial charge in [0.05, 0.1) is 10.6 Å². The molecular weight excluding hydrogens is 266 g/mol. The average Bonchev–Trinajstić information content (AvgIpc) is 2.38. The van der Waals surface area contributed by atoms with Crippen LogP contribution in [0.5, 0.6) is 0 Å². The van der Waals surface area contributed by atoms with Crippen LogP contribution in [0.2, 0.25) is 0 Å². The number of sulfonamides is 1. The van der Waals surface area contributed by atoms with Crippen molar-refractivity contribution in [3.05, 3.63) is 42.5 Å². The van der Waals surface area contributed by atoms with Crippen LogP contribution in [-0.2, 0) is 10.0 Å². The van der Waals surface area contributed by atoms with Crippen molar-refractivity contribution in [2.45, 2.75) is 9.79 Å². The van der Waals surface area contributed by atoms with Gasteiger partial charge >= 0.3 is 0 Å². The first kappa shape index (κ1) is 11.6. The molecule has 1 heterocycles. The van der Waals surface area contributed by atoms with E-state index in [9.17, 15) is 8.42 Å². The molecule has 92 valence electrons. The van der Waals surface area contributed by atoms with Crippen molar-refractivity contribution in [3.63, 3.8) is 0 Å². The van der Waals surface area contributed by atoms with Crippen LogP contribution in [0.3, 0.4) is 0 Å². The minimum absolute atomic E-state index is 0.343. The maximum absolute atomic E-state index is 12.1. The largest absolute Gasteiger partial charge is 0.279 e. The van der Waals surface area contributed by atoms with Crippen LogP contribution in [0.15, 0.2) is 52.3 Å². The predicted molar refractivity (Wildman–Crippen MR) is 74.5 cm³/mol. The van der Waals surface area contributed by atoms with Crippen LogP contribution in [0, 0.1) is 0 Å². The van der Waals surface area contributed by atoms with Crippen molar-refractivity contribution in [2.24, 2.45) is 0 Å². The SMILES string of the molecule is CSc1ccc2c(c1)-c1ccccc1S(=O)(=O)N2. The van der Waals surface area contributed by atoms with Crippen LogP contribution in [0.4, 0.5) is 5.69 Å². The molecule has 0 bridgehead atoms. The van der Waals surface area contributed by atoms with Gasteiger partial charge in [-0.15, -0.1) is 11.8 Å². The summed E-state index contributed by atoms with van der Waals surface area (Å²) in [4.78, 5) is 1.46. The maximum Gasteiger partial charge on any atom is 0.262 e. The monoisotopic (exact) mass is 277 g/mol. The summed E-state index contributed by atoms with van der Waals surface area (Å²) in [6.07, 6.45) is 2.00. The zero-order valence-corrected chi connectivity index (χ0v) is 11.3. The fourth-order valence-corrected chi connectivity index (χ4v) is 3.83. The molecule has 0 fully saturated rings. The second kappa shape index (κ2) is 4.03. The lowest BCUT2D eigenvalue weighted by molar-refractivity contribution is 0.601. The highest BCUT2D eigenvalue weighted by Crippen LogP contribution is 2.40. The third-order valence-corrected chi connectivity index (χ3v) is 5.09. The van der Waals surface area contributed by atoms with Gasteiger partial charge in [0.15, 0.2) is 0 Å². The highest BCUT2D eigenvalue weighted by Gasteiger charge is 2.26. The van der Waals surface area contributed by atoms with Gasteiger partial charge in [-0.3, -0.25) is 4.72 Å². The van der Waals surface area contributed by atoms with E-state index in [1.807, 2.05) is 36.6 Å². The fraction of sp³-hybridized carbons (Fsp3) is 0.0769. The minimum atomic E-state index is -3.43. The number of nitrogens with one attached hydrogen (secondary N) is 1. The number of benzene rings is 2. The molecule has 0 saturated heterocycles. The number of rotatable bonds is 1. The van der Waals surface area contributed by atoms with Crippen LogP contribution in [0.25, 0.3) is 11.1 Å². The molecule has 0 spiro atoms. The lowest BCUT2D eigenvalue weighted by atomic mass is 10.0. The zero-order chi connectivity index (χ0) is 12.8. The van der Waals surface area contributed by atoms with Crippen LogP contribution < -0.4 is 4.72 Å². The van der Waals surface area contributed by atoms with Gasteiger partial charge in [-0.1, -0.05) is 18.2 Å². The molecule has 2 aromatic rings. The van der Waals surface area contributed by atoms with Crippen LogP contribution in [-0.4, -0.2) is 14.7 Å². The zero-order valence-electron chi connectivity index (χ0n) is 9.67. The first-order chi connectivity index (χ1) is 8.62. The van der Waals surface area contributed by atoms with E-state index in [2.05, 4.69) is 4.72 Å². The van der Waals surface area contributed by atoms with Gasteiger partial charge < -0.3 is 0 Å². The summed E-state index contributed by atoms with van der Waals surface area (Å²) in [5.74, 6) is 0. The molecule has 18 heavy (non-hydrogen) atoms. The van der Waals surface area contributed by atoms with Crippen LogP contribution >= 0.6 is 11.8 Å². The quantitative estimate of drug-likeness (QED) is 0.814. The third kappa shape index (κ3) is 1.71. The topological polar surface area (TPSA) is 46.2 Å². The molecular formula is C13H11NO2S2. The molecule has 0 saturated carbocycles. The summed E-state index contributed by atoms with van der Waals surface area (Å²) in [6.45, 7) is 0. The number of hydrogen-bond acceptors (Lipinski definition) is 3. The first-order valence-electron chi connectivity index (χ1n) is 5.42. The number of anilines is 1. The third-order valence-electron chi connectivity index (χ3n) is 2.94. The van der Waals surface area contributed by atoms with Gasteiger partial charge in [0.2, 0.25) is 0 Å². The highest BCUT2D eigenvalue weighted by molar-refractivity contribution is 7.98. The van der Waals surface area contributed by atoms with E-state index in [1.54, 1.807) is 23.9 Å². The molecule has 1 aliphatic heterocycles. The summed E-state index contributed by atoms with van der Waals surface area (Å²) in [5.41, 5.74) is 2.35. The molecule has 1 N–H and O–H groups in total. The van der Waals surface area contributed by atoms with Crippen molar-refractivity contribution in [1.29, 1.82) is 0 Å².